The van der Waals surface area contributed by atoms with Gasteiger partial charge in [0.05, 0.1) is 5.69 Å². The van der Waals surface area contributed by atoms with Crippen molar-refractivity contribution in [2.75, 3.05) is 11.9 Å². The Kier molecular flexibility index (Phi) is 4.95. The lowest BCUT2D eigenvalue weighted by Crippen LogP contribution is -2.30. The number of benzene rings is 1. The monoisotopic (exact) mass is 293 g/mol. The number of halogens is 2. The van der Waals surface area contributed by atoms with Crippen LogP contribution < -0.4 is 10.6 Å². The zero-order valence-corrected chi connectivity index (χ0v) is 11.4. The summed E-state index contributed by atoms with van der Waals surface area (Å²) in [5, 5.41) is 5.91. The van der Waals surface area contributed by atoms with Gasteiger partial charge in [0.25, 0.3) is 0 Å². The first kappa shape index (κ1) is 14.3. The normalized spacial score (nSPS) is 10.1. The third-order valence-corrected chi connectivity index (χ3v) is 2.82. The Hall–Kier alpha value is -2.08. The molecule has 2 N–H and O–H groups in total. The Bertz CT molecular complexity index is 590. The lowest BCUT2D eigenvalue weighted by molar-refractivity contribution is 0.586. The fourth-order valence-corrected chi connectivity index (χ4v) is 1.82. The summed E-state index contributed by atoms with van der Waals surface area (Å²) >= 11 is 5.04. The highest BCUT2D eigenvalue weighted by Crippen LogP contribution is 2.14. The molecule has 0 aliphatic carbocycles. The van der Waals surface area contributed by atoms with Crippen LogP contribution in [0.3, 0.4) is 0 Å². The molecule has 1 aromatic heterocycles. The van der Waals surface area contributed by atoms with Crippen molar-refractivity contribution in [2.24, 2.45) is 0 Å². The van der Waals surface area contributed by atoms with E-state index in [9.17, 15) is 8.78 Å². The fourth-order valence-electron chi connectivity index (χ4n) is 1.61. The summed E-state index contributed by atoms with van der Waals surface area (Å²) in [5.41, 5.74) is 1.08. The van der Waals surface area contributed by atoms with E-state index in [1.807, 2.05) is 18.2 Å². The van der Waals surface area contributed by atoms with E-state index in [2.05, 4.69) is 15.6 Å². The van der Waals surface area contributed by atoms with Crippen LogP contribution in [0.1, 0.15) is 5.69 Å². The van der Waals surface area contributed by atoms with E-state index in [1.165, 1.54) is 12.1 Å². The molecule has 0 amide bonds. The molecular weight excluding hydrogens is 280 g/mol. The fraction of sp³-hybridized carbons (Fsp3) is 0.143. The molecule has 2 aromatic rings. The van der Waals surface area contributed by atoms with Crippen molar-refractivity contribution in [3.8, 4) is 0 Å². The second-order valence-corrected chi connectivity index (χ2v) is 4.48. The maximum Gasteiger partial charge on any atom is 0.170 e. The molecule has 0 saturated carbocycles. The molecule has 2 rings (SSSR count). The third kappa shape index (κ3) is 4.24. The van der Waals surface area contributed by atoms with E-state index < -0.39 is 11.6 Å². The van der Waals surface area contributed by atoms with Gasteiger partial charge in [-0.15, -0.1) is 0 Å². The summed E-state index contributed by atoms with van der Waals surface area (Å²) in [7, 11) is 0. The van der Waals surface area contributed by atoms with Crippen molar-refractivity contribution in [1.82, 2.24) is 10.3 Å². The van der Waals surface area contributed by atoms with Gasteiger partial charge >= 0.3 is 0 Å². The molecule has 0 aliphatic heterocycles. The second-order valence-electron chi connectivity index (χ2n) is 4.08. The molecule has 0 unspecified atom stereocenters. The van der Waals surface area contributed by atoms with Crippen molar-refractivity contribution >= 4 is 23.0 Å². The zero-order chi connectivity index (χ0) is 14.4. The van der Waals surface area contributed by atoms with Gasteiger partial charge in [-0.2, -0.15) is 0 Å². The summed E-state index contributed by atoms with van der Waals surface area (Å²) in [4.78, 5) is 4.18. The summed E-state index contributed by atoms with van der Waals surface area (Å²) in [6.07, 6.45) is 2.42. The van der Waals surface area contributed by atoms with Gasteiger partial charge in [-0.1, -0.05) is 6.07 Å². The van der Waals surface area contributed by atoms with Crippen LogP contribution in [0.2, 0.25) is 0 Å². The standard InChI is InChI=1S/C14H13F2N3S/c15-10-4-5-13(12(16)9-10)19-14(20)18-8-6-11-3-1-2-7-17-11/h1-5,7,9H,6,8H2,(H2,18,19,20). The Morgan fingerprint density at radius 3 is 2.75 bits per heavy atom. The van der Waals surface area contributed by atoms with E-state index in [-0.39, 0.29) is 10.8 Å². The molecule has 0 saturated heterocycles. The van der Waals surface area contributed by atoms with Gasteiger partial charge in [0.15, 0.2) is 5.11 Å². The van der Waals surface area contributed by atoms with Crippen LogP contribution in [0.5, 0.6) is 0 Å². The van der Waals surface area contributed by atoms with Gasteiger partial charge in [0.2, 0.25) is 0 Å². The molecule has 0 spiro atoms. The number of hydrogen-bond donors (Lipinski definition) is 2. The molecule has 3 nitrogen and oxygen atoms in total. The van der Waals surface area contributed by atoms with E-state index >= 15 is 0 Å². The minimum absolute atomic E-state index is 0.140. The first-order chi connectivity index (χ1) is 9.65. The number of hydrogen-bond acceptors (Lipinski definition) is 2. The first-order valence-corrected chi connectivity index (χ1v) is 6.46. The number of nitrogens with zero attached hydrogens (tertiary/aromatic N) is 1. The summed E-state index contributed by atoms with van der Waals surface area (Å²) < 4.78 is 26.2. The number of nitrogens with one attached hydrogen (secondary N) is 2. The lowest BCUT2D eigenvalue weighted by Gasteiger charge is -2.11. The topological polar surface area (TPSA) is 37.0 Å². The van der Waals surface area contributed by atoms with Crippen LogP contribution in [0.25, 0.3) is 0 Å². The third-order valence-electron chi connectivity index (χ3n) is 2.57. The second kappa shape index (κ2) is 6.91. The summed E-state index contributed by atoms with van der Waals surface area (Å²) in [6, 6.07) is 8.95. The highest BCUT2D eigenvalue weighted by atomic mass is 32.1. The number of rotatable bonds is 4. The molecule has 20 heavy (non-hydrogen) atoms. The smallest absolute Gasteiger partial charge is 0.170 e. The van der Waals surface area contributed by atoms with Crippen LogP contribution in [-0.4, -0.2) is 16.6 Å². The highest BCUT2D eigenvalue weighted by Gasteiger charge is 2.05. The Balaban J connectivity index is 1.81. The summed E-state index contributed by atoms with van der Waals surface area (Å²) in [6.45, 7) is 0.575. The van der Waals surface area contributed by atoms with Gasteiger partial charge in [0, 0.05) is 30.9 Å². The largest absolute Gasteiger partial charge is 0.362 e. The van der Waals surface area contributed by atoms with E-state index in [0.717, 1.165) is 11.8 Å². The van der Waals surface area contributed by atoms with Crippen molar-refractivity contribution in [2.45, 2.75) is 6.42 Å². The first-order valence-electron chi connectivity index (χ1n) is 6.05. The molecule has 104 valence electrons. The molecule has 0 fully saturated rings. The Morgan fingerprint density at radius 2 is 2.05 bits per heavy atom. The zero-order valence-electron chi connectivity index (χ0n) is 10.6. The minimum Gasteiger partial charge on any atom is -0.362 e. The van der Waals surface area contributed by atoms with E-state index in [4.69, 9.17) is 12.2 Å². The number of aromatic nitrogens is 1. The molecule has 0 radical (unpaired) electrons. The molecule has 0 atom stereocenters. The van der Waals surface area contributed by atoms with Gasteiger partial charge in [-0.25, -0.2) is 8.78 Å². The van der Waals surface area contributed by atoms with E-state index in [1.54, 1.807) is 6.20 Å². The minimum atomic E-state index is -0.682. The van der Waals surface area contributed by atoms with Crippen LogP contribution in [0.15, 0.2) is 42.6 Å². The highest BCUT2D eigenvalue weighted by molar-refractivity contribution is 7.80. The predicted octanol–water partition coefficient (Wildman–Crippen LogP) is 2.89. The molecule has 1 aromatic carbocycles. The van der Waals surface area contributed by atoms with Crippen LogP contribution in [-0.2, 0) is 6.42 Å². The molecule has 6 heteroatoms. The quantitative estimate of drug-likeness (QED) is 0.850. The maximum atomic E-state index is 13.4. The lowest BCUT2D eigenvalue weighted by atomic mass is 10.3. The van der Waals surface area contributed by atoms with Gasteiger partial charge in [-0.05, 0) is 36.5 Å². The summed E-state index contributed by atoms with van der Waals surface area (Å²) in [5.74, 6) is -1.30. The SMILES string of the molecule is Fc1ccc(NC(=S)NCCc2ccccn2)c(F)c1. The molecule has 0 bridgehead atoms. The Labute approximate surface area is 121 Å². The molecule has 1 heterocycles. The number of pyridine rings is 1. The molecular formula is C14H13F2N3S. The average molecular weight is 293 g/mol. The van der Waals surface area contributed by atoms with Crippen LogP contribution >= 0.6 is 12.2 Å². The van der Waals surface area contributed by atoms with Crippen molar-refractivity contribution in [3.63, 3.8) is 0 Å². The van der Waals surface area contributed by atoms with E-state index in [0.29, 0.717) is 13.0 Å². The average Bonchev–Trinajstić information content (AvgIpc) is 2.43. The Morgan fingerprint density at radius 1 is 1.20 bits per heavy atom. The van der Waals surface area contributed by atoms with Crippen molar-refractivity contribution in [1.29, 1.82) is 0 Å². The predicted molar refractivity (Wildman–Crippen MR) is 78.5 cm³/mol. The maximum absolute atomic E-state index is 13.4. The van der Waals surface area contributed by atoms with Gasteiger partial charge in [-0.3, -0.25) is 4.98 Å². The van der Waals surface area contributed by atoms with Gasteiger partial charge < -0.3 is 10.6 Å². The van der Waals surface area contributed by atoms with Crippen LogP contribution in [0.4, 0.5) is 14.5 Å². The molecule has 0 aliphatic rings. The number of anilines is 1. The van der Waals surface area contributed by atoms with Crippen LogP contribution in [0, 0.1) is 11.6 Å². The van der Waals surface area contributed by atoms with Crippen molar-refractivity contribution in [3.05, 3.63) is 59.9 Å². The van der Waals surface area contributed by atoms with Gasteiger partial charge in [0.1, 0.15) is 11.6 Å². The number of thiocarbonyl (C=S) groups is 1. The van der Waals surface area contributed by atoms with Crippen molar-refractivity contribution < 1.29 is 8.78 Å².